The standard InChI is InChI=1S/C17H18Cl3N5O4S/c18-9-30(28,29)25-6-4-10(5-7-25)22-17(27)15-13(8-21-24-15)23-16(26)14-11(19)2-1-3-12(14)20/h1-3,8,10H,4-7,9H2,(H,21,24)(H,22,27)(H,23,26). The number of nitrogens with one attached hydrogen (secondary N) is 3. The number of hydrogen-bond acceptors (Lipinski definition) is 5. The summed E-state index contributed by atoms with van der Waals surface area (Å²) in [6.07, 6.45) is 2.17. The van der Waals surface area contributed by atoms with Crippen LogP contribution in [0, 0.1) is 0 Å². The Morgan fingerprint density at radius 3 is 2.40 bits per heavy atom. The Kier molecular flexibility index (Phi) is 7.25. The Balaban J connectivity index is 1.64. The van der Waals surface area contributed by atoms with Crippen molar-refractivity contribution in [3.63, 3.8) is 0 Å². The normalized spacial score (nSPS) is 15.7. The molecular weight excluding hydrogens is 477 g/mol. The van der Waals surface area contributed by atoms with E-state index in [1.54, 1.807) is 6.07 Å². The zero-order valence-electron chi connectivity index (χ0n) is 15.5. The molecule has 0 saturated carbocycles. The molecule has 0 bridgehead atoms. The number of aromatic amines is 1. The molecule has 9 nitrogen and oxygen atoms in total. The molecule has 0 unspecified atom stereocenters. The highest BCUT2D eigenvalue weighted by molar-refractivity contribution is 7.90. The van der Waals surface area contributed by atoms with E-state index in [0.29, 0.717) is 12.8 Å². The zero-order chi connectivity index (χ0) is 21.9. The van der Waals surface area contributed by atoms with Crippen molar-refractivity contribution in [3.8, 4) is 0 Å². The van der Waals surface area contributed by atoms with E-state index in [1.807, 2.05) is 0 Å². The highest BCUT2D eigenvalue weighted by Crippen LogP contribution is 2.26. The Morgan fingerprint density at radius 2 is 1.80 bits per heavy atom. The van der Waals surface area contributed by atoms with Crippen LogP contribution in [0.5, 0.6) is 0 Å². The summed E-state index contributed by atoms with van der Waals surface area (Å²) in [5.41, 5.74) is 0.305. The molecule has 2 heterocycles. The molecule has 3 rings (SSSR count). The van der Waals surface area contributed by atoms with Crippen LogP contribution in [0.4, 0.5) is 5.69 Å². The number of amides is 2. The molecule has 1 aromatic heterocycles. The van der Waals surface area contributed by atoms with Crippen molar-refractivity contribution < 1.29 is 18.0 Å². The summed E-state index contributed by atoms with van der Waals surface area (Å²) < 4.78 is 24.9. The summed E-state index contributed by atoms with van der Waals surface area (Å²) in [5, 5.41) is 11.6. The van der Waals surface area contributed by atoms with Crippen LogP contribution < -0.4 is 10.6 Å². The fourth-order valence-corrected chi connectivity index (χ4v) is 4.95. The first-order valence-electron chi connectivity index (χ1n) is 8.86. The molecule has 1 aromatic carbocycles. The fourth-order valence-electron chi connectivity index (χ4n) is 3.06. The summed E-state index contributed by atoms with van der Waals surface area (Å²) in [5.74, 6) is -1.06. The Morgan fingerprint density at radius 1 is 1.17 bits per heavy atom. The van der Waals surface area contributed by atoms with Gasteiger partial charge in [-0.2, -0.15) is 5.10 Å². The predicted octanol–water partition coefficient (Wildman–Crippen LogP) is 2.69. The average Bonchev–Trinajstić information content (AvgIpc) is 3.16. The van der Waals surface area contributed by atoms with Gasteiger partial charge in [0, 0.05) is 19.1 Å². The van der Waals surface area contributed by atoms with E-state index in [1.165, 1.54) is 22.6 Å². The summed E-state index contributed by atoms with van der Waals surface area (Å²) in [6.45, 7) is 0.523. The maximum absolute atomic E-state index is 12.6. The molecule has 1 fully saturated rings. The number of benzene rings is 1. The topological polar surface area (TPSA) is 124 Å². The number of sulfonamides is 1. The smallest absolute Gasteiger partial charge is 0.271 e. The van der Waals surface area contributed by atoms with E-state index in [9.17, 15) is 18.0 Å². The quantitative estimate of drug-likeness (QED) is 0.533. The fraction of sp³-hybridized carbons (Fsp3) is 0.353. The molecule has 2 amide bonds. The Hall–Kier alpha value is -1.85. The second-order valence-electron chi connectivity index (χ2n) is 6.58. The van der Waals surface area contributed by atoms with E-state index in [-0.39, 0.29) is 46.1 Å². The number of halogens is 3. The van der Waals surface area contributed by atoms with Crippen LogP contribution >= 0.6 is 34.8 Å². The lowest BCUT2D eigenvalue weighted by atomic mass is 10.1. The monoisotopic (exact) mass is 493 g/mol. The van der Waals surface area contributed by atoms with Gasteiger partial charge in [0.25, 0.3) is 11.8 Å². The lowest BCUT2D eigenvalue weighted by molar-refractivity contribution is 0.0919. The molecule has 0 aliphatic carbocycles. The van der Waals surface area contributed by atoms with Gasteiger partial charge < -0.3 is 10.6 Å². The van der Waals surface area contributed by atoms with Crippen molar-refractivity contribution in [3.05, 3.63) is 45.7 Å². The zero-order valence-corrected chi connectivity index (χ0v) is 18.6. The van der Waals surface area contributed by atoms with Gasteiger partial charge in [-0.15, -0.1) is 11.6 Å². The first kappa shape index (κ1) is 22.8. The van der Waals surface area contributed by atoms with Crippen LogP contribution in [-0.2, 0) is 10.0 Å². The summed E-state index contributed by atoms with van der Waals surface area (Å²) >= 11 is 17.6. The van der Waals surface area contributed by atoms with Gasteiger partial charge in [-0.3, -0.25) is 14.7 Å². The van der Waals surface area contributed by atoms with Crippen molar-refractivity contribution in [2.45, 2.75) is 18.9 Å². The minimum absolute atomic E-state index is 0.0577. The lowest BCUT2D eigenvalue weighted by Crippen LogP contribution is -2.46. The second kappa shape index (κ2) is 9.52. The Bertz CT molecular complexity index is 1030. The minimum atomic E-state index is -3.47. The predicted molar refractivity (Wildman–Crippen MR) is 115 cm³/mol. The van der Waals surface area contributed by atoms with Gasteiger partial charge in [-0.25, -0.2) is 12.7 Å². The number of alkyl halides is 1. The van der Waals surface area contributed by atoms with E-state index in [0.717, 1.165) is 0 Å². The van der Waals surface area contributed by atoms with Crippen LogP contribution in [0.3, 0.4) is 0 Å². The van der Waals surface area contributed by atoms with Crippen molar-refractivity contribution >= 4 is 62.3 Å². The van der Waals surface area contributed by atoms with Gasteiger partial charge >= 0.3 is 0 Å². The number of H-pyrrole nitrogens is 1. The SMILES string of the molecule is O=C(NC1CCN(S(=O)(=O)CCl)CC1)c1[nH]ncc1NC(=O)c1c(Cl)cccc1Cl. The number of carbonyl (C=O) groups excluding carboxylic acids is 2. The molecule has 3 N–H and O–H groups in total. The van der Waals surface area contributed by atoms with Crippen molar-refractivity contribution in [2.75, 3.05) is 23.6 Å². The number of hydrogen-bond donors (Lipinski definition) is 3. The third-order valence-corrected chi connectivity index (χ3v) is 7.51. The van der Waals surface area contributed by atoms with Crippen LogP contribution in [0.25, 0.3) is 0 Å². The summed E-state index contributed by atoms with van der Waals surface area (Å²) in [6, 6.07) is 4.44. The van der Waals surface area contributed by atoms with Crippen LogP contribution in [-0.4, -0.2) is 59.1 Å². The highest BCUT2D eigenvalue weighted by Gasteiger charge is 2.29. The molecule has 1 aliphatic heterocycles. The summed E-state index contributed by atoms with van der Waals surface area (Å²) in [4.78, 5) is 25.2. The lowest BCUT2D eigenvalue weighted by Gasteiger charge is -2.31. The molecule has 0 spiro atoms. The molecule has 162 valence electrons. The van der Waals surface area contributed by atoms with Gasteiger partial charge in [0.2, 0.25) is 10.0 Å². The third kappa shape index (κ3) is 5.06. The van der Waals surface area contributed by atoms with Crippen LogP contribution in [0.1, 0.15) is 33.7 Å². The molecule has 0 radical (unpaired) electrons. The molecular formula is C17H18Cl3N5O4S. The second-order valence-corrected chi connectivity index (χ2v) is 9.94. The van der Waals surface area contributed by atoms with Gasteiger partial charge in [0.15, 0.2) is 0 Å². The number of aromatic nitrogens is 2. The first-order chi connectivity index (χ1) is 14.2. The van der Waals surface area contributed by atoms with E-state index in [2.05, 4.69) is 20.8 Å². The molecule has 2 aromatic rings. The largest absolute Gasteiger partial charge is 0.348 e. The molecule has 0 atom stereocenters. The molecule has 30 heavy (non-hydrogen) atoms. The Labute approximate surface area is 188 Å². The van der Waals surface area contributed by atoms with Gasteiger partial charge in [-0.1, -0.05) is 29.3 Å². The van der Waals surface area contributed by atoms with Gasteiger partial charge in [-0.05, 0) is 25.0 Å². The third-order valence-electron chi connectivity index (χ3n) is 4.62. The van der Waals surface area contributed by atoms with Crippen LogP contribution in [0.15, 0.2) is 24.4 Å². The first-order valence-corrected chi connectivity index (χ1v) is 11.8. The van der Waals surface area contributed by atoms with E-state index in [4.69, 9.17) is 34.8 Å². The maximum atomic E-state index is 12.6. The highest BCUT2D eigenvalue weighted by atomic mass is 35.5. The molecule has 1 aliphatic rings. The molecule has 1 saturated heterocycles. The summed E-state index contributed by atoms with van der Waals surface area (Å²) in [7, 11) is -3.47. The van der Waals surface area contributed by atoms with E-state index < -0.39 is 27.0 Å². The van der Waals surface area contributed by atoms with Crippen molar-refractivity contribution in [1.29, 1.82) is 0 Å². The van der Waals surface area contributed by atoms with E-state index >= 15 is 0 Å². The average molecular weight is 495 g/mol. The minimum Gasteiger partial charge on any atom is -0.348 e. The van der Waals surface area contributed by atoms with Crippen LogP contribution in [0.2, 0.25) is 10.0 Å². The van der Waals surface area contributed by atoms with Gasteiger partial charge in [0.1, 0.15) is 10.9 Å². The van der Waals surface area contributed by atoms with Gasteiger partial charge in [0.05, 0.1) is 27.5 Å². The number of piperidine rings is 1. The number of nitrogens with zero attached hydrogens (tertiary/aromatic N) is 2. The maximum Gasteiger partial charge on any atom is 0.271 e. The van der Waals surface area contributed by atoms with Crippen molar-refractivity contribution in [1.82, 2.24) is 19.8 Å². The number of rotatable bonds is 6. The van der Waals surface area contributed by atoms with Crippen molar-refractivity contribution in [2.24, 2.45) is 0 Å². The number of carbonyl (C=O) groups is 2. The molecule has 13 heteroatoms. The number of anilines is 1.